The quantitative estimate of drug-likeness (QED) is 0.924. The molecule has 3 heterocycles. The number of fused-ring (bicyclic) bond motifs is 1. The molecule has 0 spiro atoms. The van der Waals surface area contributed by atoms with E-state index in [9.17, 15) is 0 Å². The largest absolute Gasteiger partial charge is 0.423 e. The second kappa shape index (κ2) is 5.79. The Morgan fingerprint density at radius 3 is 2.82 bits per heavy atom. The van der Waals surface area contributed by atoms with Gasteiger partial charge >= 0.3 is 0 Å². The molecule has 0 saturated carbocycles. The Hall–Kier alpha value is -1.76. The Labute approximate surface area is 130 Å². The van der Waals surface area contributed by atoms with Gasteiger partial charge in [-0.3, -0.25) is 0 Å². The molecule has 1 N–H and O–H groups in total. The third kappa shape index (κ3) is 3.19. The van der Waals surface area contributed by atoms with E-state index < -0.39 is 0 Å². The van der Waals surface area contributed by atoms with Gasteiger partial charge in [0.25, 0.3) is 0 Å². The number of hydrogen-bond acceptors (Lipinski definition) is 6. The highest BCUT2D eigenvalue weighted by atomic mass is 16.4. The third-order valence-corrected chi connectivity index (χ3v) is 3.87. The minimum Gasteiger partial charge on any atom is -0.423 e. The van der Waals surface area contributed by atoms with Gasteiger partial charge < -0.3 is 9.73 Å². The van der Waals surface area contributed by atoms with Crippen LogP contribution < -0.4 is 5.32 Å². The summed E-state index contributed by atoms with van der Waals surface area (Å²) in [6.07, 6.45) is 2.90. The molecule has 0 aromatic carbocycles. The molecule has 7 heteroatoms. The zero-order valence-corrected chi connectivity index (χ0v) is 13.8. The first-order valence-electron chi connectivity index (χ1n) is 7.94. The predicted octanol–water partition coefficient (Wildman–Crippen LogP) is 1.63. The summed E-state index contributed by atoms with van der Waals surface area (Å²) in [5.41, 5.74) is -0.109. The van der Waals surface area contributed by atoms with Crippen LogP contribution in [0, 0.1) is 0 Å². The molecule has 0 unspecified atom stereocenters. The monoisotopic (exact) mass is 304 g/mol. The molecule has 0 saturated heterocycles. The van der Waals surface area contributed by atoms with Crippen LogP contribution in [0.15, 0.2) is 4.42 Å². The lowest BCUT2D eigenvalue weighted by Crippen LogP contribution is -2.37. The van der Waals surface area contributed by atoms with Crippen LogP contribution in [0.4, 0.5) is 0 Å². The first-order chi connectivity index (χ1) is 10.5. The summed E-state index contributed by atoms with van der Waals surface area (Å²) >= 11 is 0. The Morgan fingerprint density at radius 1 is 1.32 bits per heavy atom. The maximum atomic E-state index is 5.71. The number of nitrogens with one attached hydrogen (secondary N) is 1. The lowest BCUT2D eigenvalue weighted by Gasteiger charge is -2.22. The zero-order valence-electron chi connectivity index (χ0n) is 13.8. The smallest absolute Gasteiger partial charge is 0.230 e. The van der Waals surface area contributed by atoms with Crippen LogP contribution in [0.25, 0.3) is 0 Å². The lowest BCUT2D eigenvalue weighted by molar-refractivity contribution is 0.325. The van der Waals surface area contributed by atoms with Crippen molar-refractivity contribution in [2.24, 2.45) is 0 Å². The van der Waals surface area contributed by atoms with E-state index in [1.807, 2.05) is 4.68 Å². The van der Waals surface area contributed by atoms with Gasteiger partial charge in [-0.25, -0.2) is 9.67 Å². The van der Waals surface area contributed by atoms with Crippen molar-refractivity contribution in [3.05, 3.63) is 23.4 Å². The van der Waals surface area contributed by atoms with Crippen molar-refractivity contribution in [2.75, 3.05) is 0 Å². The SMILES string of the molecule is CCc1nc2n(n1)C[C@@H](NCc1nnc(C(C)(C)C)o1)CC2. The molecule has 0 aliphatic carbocycles. The highest BCUT2D eigenvalue weighted by Gasteiger charge is 2.23. The summed E-state index contributed by atoms with van der Waals surface area (Å²) < 4.78 is 7.73. The summed E-state index contributed by atoms with van der Waals surface area (Å²) in [5, 5.41) is 16.2. The van der Waals surface area contributed by atoms with Crippen LogP contribution in [0.5, 0.6) is 0 Å². The van der Waals surface area contributed by atoms with Gasteiger partial charge in [0, 0.05) is 24.3 Å². The fourth-order valence-corrected chi connectivity index (χ4v) is 2.54. The van der Waals surface area contributed by atoms with Crippen molar-refractivity contribution in [2.45, 2.75) is 71.5 Å². The van der Waals surface area contributed by atoms with Gasteiger partial charge in [0.2, 0.25) is 11.8 Å². The Morgan fingerprint density at radius 2 is 2.14 bits per heavy atom. The number of nitrogens with zero attached hydrogens (tertiary/aromatic N) is 5. The maximum Gasteiger partial charge on any atom is 0.230 e. The number of aromatic nitrogens is 5. The minimum absolute atomic E-state index is 0.109. The molecule has 2 aromatic heterocycles. The van der Waals surface area contributed by atoms with E-state index in [0.29, 0.717) is 24.4 Å². The van der Waals surface area contributed by atoms with Gasteiger partial charge in [-0.05, 0) is 6.42 Å². The Bertz CT molecular complexity index is 639. The van der Waals surface area contributed by atoms with E-state index in [1.54, 1.807) is 0 Å². The van der Waals surface area contributed by atoms with Crippen LogP contribution in [-0.2, 0) is 31.3 Å². The second-order valence-corrected chi connectivity index (χ2v) is 6.85. The van der Waals surface area contributed by atoms with E-state index in [4.69, 9.17) is 4.42 Å². The predicted molar refractivity (Wildman–Crippen MR) is 81.3 cm³/mol. The molecule has 0 amide bonds. The van der Waals surface area contributed by atoms with Crippen molar-refractivity contribution in [1.82, 2.24) is 30.3 Å². The van der Waals surface area contributed by atoms with E-state index in [2.05, 4.69) is 53.3 Å². The molecular weight excluding hydrogens is 280 g/mol. The molecule has 7 nitrogen and oxygen atoms in total. The van der Waals surface area contributed by atoms with Crippen LogP contribution in [0.1, 0.15) is 57.5 Å². The van der Waals surface area contributed by atoms with Gasteiger partial charge in [0.05, 0.1) is 13.1 Å². The van der Waals surface area contributed by atoms with Crippen LogP contribution in [0.2, 0.25) is 0 Å². The highest BCUT2D eigenvalue weighted by molar-refractivity contribution is 4.99. The molecule has 3 rings (SSSR count). The van der Waals surface area contributed by atoms with E-state index >= 15 is 0 Å². The van der Waals surface area contributed by atoms with Gasteiger partial charge in [0.15, 0.2) is 5.82 Å². The molecule has 0 fully saturated rings. The van der Waals surface area contributed by atoms with Gasteiger partial charge in [-0.2, -0.15) is 5.10 Å². The van der Waals surface area contributed by atoms with E-state index in [0.717, 1.165) is 37.5 Å². The number of rotatable bonds is 4. The highest BCUT2D eigenvalue weighted by Crippen LogP contribution is 2.20. The fraction of sp³-hybridized carbons (Fsp3) is 0.733. The van der Waals surface area contributed by atoms with Crippen LogP contribution in [0.3, 0.4) is 0 Å². The fourth-order valence-electron chi connectivity index (χ4n) is 2.54. The maximum absolute atomic E-state index is 5.71. The number of aryl methyl sites for hydroxylation is 2. The molecule has 22 heavy (non-hydrogen) atoms. The average Bonchev–Trinajstić information content (AvgIpc) is 3.10. The van der Waals surface area contributed by atoms with Crippen molar-refractivity contribution in [3.8, 4) is 0 Å². The van der Waals surface area contributed by atoms with Crippen molar-refractivity contribution in [1.29, 1.82) is 0 Å². The molecule has 0 bridgehead atoms. The van der Waals surface area contributed by atoms with Crippen molar-refractivity contribution >= 4 is 0 Å². The standard InChI is InChI=1S/C15H24N6O/c1-5-11-17-12-7-6-10(9-21(12)20-11)16-8-13-18-19-14(22-13)15(2,3)4/h10,16H,5-9H2,1-4H3/t10-/m0/s1. The Balaban J connectivity index is 1.57. The van der Waals surface area contributed by atoms with E-state index in [-0.39, 0.29) is 5.41 Å². The minimum atomic E-state index is -0.109. The average molecular weight is 304 g/mol. The zero-order chi connectivity index (χ0) is 15.7. The van der Waals surface area contributed by atoms with Gasteiger partial charge in [-0.15, -0.1) is 10.2 Å². The first kappa shape index (κ1) is 15.1. The summed E-state index contributed by atoms with van der Waals surface area (Å²) in [6, 6.07) is 0.365. The second-order valence-electron chi connectivity index (χ2n) is 6.85. The molecule has 1 aliphatic heterocycles. The number of hydrogen-bond donors (Lipinski definition) is 1. The first-order valence-corrected chi connectivity index (χ1v) is 7.94. The third-order valence-electron chi connectivity index (χ3n) is 3.87. The normalized spacial score (nSPS) is 18.5. The summed E-state index contributed by atoms with van der Waals surface area (Å²) in [6.45, 7) is 9.73. The summed E-state index contributed by atoms with van der Waals surface area (Å²) in [7, 11) is 0. The Kier molecular flexibility index (Phi) is 3.99. The van der Waals surface area contributed by atoms with Gasteiger partial charge in [-0.1, -0.05) is 27.7 Å². The summed E-state index contributed by atoms with van der Waals surface area (Å²) in [5.74, 6) is 3.35. The van der Waals surface area contributed by atoms with E-state index in [1.165, 1.54) is 0 Å². The van der Waals surface area contributed by atoms with Crippen LogP contribution >= 0.6 is 0 Å². The summed E-state index contributed by atoms with van der Waals surface area (Å²) in [4.78, 5) is 4.54. The molecule has 1 aliphatic rings. The molecule has 2 aromatic rings. The van der Waals surface area contributed by atoms with Crippen molar-refractivity contribution in [3.63, 3.8) is 0 Å². The van der Waals surface area contributed by atoms with Crippen molar-refractivity contribution < 1.29 is 4.42 Å². The topological polar surface area (TPSA) is 81.7 Å². The van der Waals surface area contributed by atoms with Crippen LogP contribution in [-0.4, -0.2) is 31.0 Å². The molecule has 1 atom stereocenters. The molecule has 120 valence electrons. The molecular formula is C15H24N6O. The van der Waals surface area contributed by atoms with Gasteiger partial charge in [0.1, 0.15) is 5.82 Å². The lowest BCUT2D eigenvalue weighted by atomic mass is 9.97. The molecule has 0 radical (unpaired) electrons.